The van der Waals surface area contributed by atoms with Crippen molar-refractivity contribution in [3.05, 3.63) is 59.1 Å². The molecule has 2 aliphatic rings. The average Bonchev–Trinajstić information content (AvgIpc) is 3.41. The van der Waals surface area contributed by atoms with E-state index in [-0.39, 0.29) is 17.9 Å². The standard InChI is InChI=1S/C28H35N3O2S/c1-28(27(33)29-22-14-8-3-2-4-9-15-22)20-30-23-16-18-34-25(23)19-24(30)26(32)31(28)17-10-13-21-11-6-5-7-12-21/h5-7,11-12,16,18-19,22H,2-4,8-10,13-15,17,20H2,1H3,(H,29,33)/t28-/m0/s1. The Labute approximate surface area is 206 Å². The second kappa shape index (κ2) is 9.95. The number of nitrogens with one attached hydrogen (secondary N) is 1. The summed E-state index contributed by atoms with van der Waals surface area (Å²) in [6.07, 6.45) is 9.92. The van der Waals surface area contributed by atoms with E-state index in [1.807, 2.05) is 36.1 Å². The van der Waals surface area contributed by atoms with Crippen LogP contribution >= 0.6 is 11.3 Å². The third-order valence-corrected chi connectivity index (χ3v) is 8.52. The average molecular weight is 478 g/mol. The highest BCUT2D eigenvalue weighted by molar-refractivity contribution is 7.17. The molecule has 1 aromatic carbocycles. The smallest absolute Gasteiger partial charge is 0.271 e. The summed E-state index contributed by atoms with van der Waals surface area (Å²) in [7, 11) is 0. The molecule has 1 aliphatic heterocycles. The number of hydrogen-bond donors (Lipinski definition) is 1. The van der Waals surface area contributed by atoms with Gasteiger partial charge in [-0.15, -0.1) is 11.3 Å². The van der Waals surface area contributed by atoms with Crippen LogP contribution < -0.4 is 5.32 Å². The molecular formula is C28H35N3O2S. The maximum absolute atomic E-state index is 13.9. The summed E-state index contributed by atoms with van der Waals surface area (Å²) in [5.74, 6) is -0.0353. The lowest BCUT2D eigenvalue weighted by molar-refractivity contribution is -0.133. The number of thiophene rings is 1. The minimum absolute atomic E-state index is 0.00568. The number of nitrogens with zero attached hydrogens (tertiary/aromatic N) is 2. The van der Waals surface area contributed by atoms with Gasteiger partial charge in [0.15, 0.2) is 0 Å². The highest BCUT2D eigenvalue weighted by atomic mass is 32.1. The SMILES string of the molecule is C[C@@]1(C(=O)NC2CCCCCCC2)Cn2c(cc3sccc32)C(=O)N1CCCc1ccccc1. The summed E-state index contributed by atoms with van der Waals surface area (Å²) in [6.45, 7) is 3.03. The predicted molar refractivity (Wildman–Crippen MR) is 138 cm³/mol. The summed E-state index contributed by atoms with van der Waals surface area (Å²) < 4.78 is 3.18. The molecule has 0 radical (unpaired) electrons. The van der Waals surface area contributed by atoms with Gasteiger partial charge in [0.05, 0.1) is 16.8 Å². The van der Waals surface area contributed by atoms with Crippen molar-refractivity contribution in [2.24, 2.45) is 0 Å². The van der Waals surface area contributed by atoms with Crippen molar-refractivity contribution in [1.29, 1.82) is 0 Å². The predicted octanol–water partition coefficient (Wildman–Crippen LogP) is 5.78. The van der Waals surface area contributed by atoms with Crippen LogP contribution in [-0.2, 0) is 17.8 Å². The van der Waals surface area contributed by atoms with Crippen LogP contribution in [0.3, 0.4) is 0 Å². The van der Waals surface area contributed by atoms with Crippen molar-refractivity contribution in [1.82, 2.24) is 14.8 Å². The quantitative estimate of drug-likeness (QED) is 0.489. The summed E-state index contributed by atoms with van der Waals surface area (Å²) in [4.78, 5) is 29.5. The summed E-state index contributed by atoms with van der Waals surface area (Å²) in [5, 5.41) is 5.43. The molecule has 0 saturated heterocycles. The Morgan fingerprint density at radius 1 is 1.09 bits per heavy atom. The molecule has 0 bridgehead atoms. The zero-order chi connectivity index (χ0) is 23.5. The van der Waals surface area contributed by atoms with Gasteiger partial charge in [0.1, 0.15) is 11.2 Å². The third-order valence-electron chi connectivity index (χ3n) is 7.67. The Hall–Kier alpha value is -2.60. The molecule has 0 spiro atoms. The molecular weight excluding hydrogens is 442 g/mol. The van der Waals surface area contributed by atoms with Gasteiger partial charge < -0.3 is 14.8 Å². The fraction of sp³-hybridized carbons (Fsp3) is 0.500. The van der Waals surface area contributed by atoms with Crippen LogP contribution in [0.1, 0.15) is 74.3 Å². The van der Waals surface area contributed by atoms with Gasteiger partial charge in [-0.1, -0.05) is 62.4 Å². The molecule has 5 nitrogen and oxygen atoms in total. The molecule has 1 saturated carbocycles. The second-order valence-corrected chi connectivity index (χ2v) is 11.1. The lowest BCUT2D eigenvalue weighted by atomic mass is 9.91. The minimum Gasteiger partial charge on any atom is -0.351 e. The molecule has 3 heterocycles. The van der Waals surface area contributed by atoms with E-state index in [0.717, 1.165) is 35.9 Å². The number of fused-ring (bicyclic) bond motifs is 3. The van der Waals surface area contributed by atoms with E-state index in [1.54, 1.807) is 11.3 Å². The van der Waals surface area contributed by atoms with Gasteiger partial charge in [-0.3, -0.25) is 9.59 Å². The summed E-state index contributed by atoms with van der Waals surface area (Å²) >= 11 is 1.65. The molecule has 2 aromatic heterocycles. The van der Waals surface area contributed by atoms with Crippen molar-refractivity contribution in [2.45, 2.75) is 82.8 Å². The molecule has 1 aliphatic carbocycles. The van der Waals surface area contributed by atoms with E-state index in [2.05, 4.69) is 33.5 Å². The Balaban J connectivity index is 1.40. The number of amides is 2. The first-order chi connectivity index (χ1) is 16.6. The normalized spacial score (nSPS) is 21.8. The summed E-state index contributed by atoms with van der Waals surface area (Å²) in [6, 6.07) is 14.6. The van der Waals surface area contributed by atoms with E-state index in [4.69, 9.17) is 0 Å². The molecule has 1 fully saturated rings. The molecule has 1 atom stereocenters. The van der Waals surface area contributed by atoms with Crippen LogP contribution in [0, 0.1) is 0 Å². The zero-order valence-corrected chi connectivity index (χ0v) is 20.9. The van der Waals surface area contributed by atoms with Gasteiger partial charge in [-0.2, -0.15) is 0 Å². The maximum Gasteiger partial charge on any atom is 0.271 e. The first kappa shape index (κ1) is 23.2. The monoisotopic (exact) mass is 477 g/mol. The van der Waals surface area contributed by atoms with Crippen LogP contribution in [0.15, 0.2) is 47.8 Å². The molecule has 180 valence electrons. The number of rotatable bonds is 6. The van der Waals surface area contributed by atoms with Gasteiger partial charge in [0.2, 0.25) is 5.91 Å². The van der Waals surface area contributed by atoms with E-state index in [9.17, 15) is 9.59 Å². The highest BCUT2D eigenvalue weighted by Crippen LogP contribution is 2.35. The van der Waals surface area contributed by atoms with Crippen molar-refractivity contribution in [3.8, 4) is 0 Å². The Morgan fingerprint density at radius 2 is 1.82 bits per heavy atom. The van der Waals surface area contributed by atoms with E-state index in [1.165, 1.54) is 37.7 Å². The van der Waals surface area contributed by atoms with E-state index >= 15 is 0 Å². The number of hydrogen-bond acceptors (Lipinski definition) is 3. The minimum atomic E-state index is -0.906. The molecule has 1 N–H and O–H groups in total. The van der Waals surface area contributed by atoms with Crippen molar-refractivity contribution < 1.29 is 9.59 Å². The van der Waals surface area contributed by atoms with Gasteiger partial charge in [0.25, 0.3) is 5.91 Å². The van der Waals surface area contributed by atoms with Crippen LogP contribution in [0.25, 0.3) is 10.2 Å². The van der Waals surface area contributed by atoms with Crippen LogP contribution in [0.5, 0.6) is 0 Å². The van der Waals surface area contributed by atoms with E-state index < -0.39 is 5.54 Å². The van der Waals surface area contributed by atoms with Gasteiger partial charge in [0, 0.05) is 12.6 Å². The number of carbonyl (C=O) groups excluding carboxylic acids is 2. The number of aryl methyl sites for hydroxylation is 1. The van der Waals surface area contributed by atoms with Gasteiger partial charge in [-0.25, -0.2) is 0 Å². The molecule has 34 heavy (non-hydrogen) atoms. The number of carbonyl (C=O) groups is 2. The largest absolute Gasteiger partial charge is 0.351 e. The van der Waals surface area contributed by atoms with E-state index in [0.29, 0.717) is 18.8 Å². The van der Waals surface area contributed by atoms with Gasteiger partial charge in [-0.05, 0) is 55.7 Å². The molecule has 6 heteroatoms. The lowest BCUT2D eigenvalue weighted by Gasteiger charge is -2.44. The van der Waals surface area contributed by atoms with Crippen LogP contribution in [0.4, 0.5) is 0 Å². The lowest BCUT2D eigenvalue weighted by Crippen LogP contribution is -2.65. The highest BCUT2D eigenvalue weighted by Gasteiger charge is 2.47. The van der Waals surface area contributed by atoms with Crippen molar-refractivity contribution in [2.75, 3.05) is 6.54 Å². The first-order valence-electron chi connectivity index (χ1n) is 12.8. The van der Waals surface area contributed by atoms with Crippen LogP contribution in [0.2, 0.25) is 0 Å². The number of benzene rings is 1. The van der Waals surface area contributed by atoms with Crippen molar-refractivity contribution >= 4 is 33.4 Å². The number of aromatic nitrogens is 1. The maximum atomic E-state index is 13.9. The van der Waals surface area contributed by atoms with Crippen molar-refractivity contribution in [3.63, 3.8) is 0 Å². The fourth-order valence-corrected chi connectivity index (χ4v) is 6.47. The Morgan fingerprint density at radius 3 is 2.59 bits per heavy atom. The topological polar surface area (TPSA) is 54.3 Å². The Kier molecular flexibility index (Phi) is 6.77. The molecule has 5 rings (SSSR count). The third kappa shape index (κ3) is 4.52. The Bertz CT molecular complexity index is 1140. The summed E-state index contributed by atoms with van der Waals surface area (Å²) in [5.41, 5.74) is 2.12. The fourth-order valence-electron chi connectivity index (χ4n) is 5.65. The van der Waals surface area contributed by atoms with Gasteiger partial charge >= 0.3 is 0 Å². The zero-order valence-electron chi connectivity index (χ0n) is 20.1. The molecule has 3 aromatic rings. The molecule has 2 amide bonds. The second-order valence-electron chi connectivity index (χ2n) is 10.1. The first-order valence-corrected chi connectivity index (χ1v) is 13.7. The molecule has 0 unspecified atom stereocenters. The van der Waals surface area contributed by atoms with Crippen LogP contribution in [-0.4, -0.2) is 39.4 Å².